The minimum absolute atomic E-state index is 0.541. The average Bonchev–Trinajstić information content (AvgIpc) is 2.23. The van der Waals surface area contributed by atoms with Gasteiger partial charge in [0, 0.05) is 17.9 Å². The molecule has 80 valence electrons. The van der Waals surface area contributed by atoms with Gasteiger partial charge in [0.15, 0.2) is 0 Å². The lowest BCUT2D eigenvalue weighted by Crippen LogP contribution is -1.88. The van der Waals surface area contributed by atoms with Crippen molar-refractivity contribution < 1.29 is 0 Å². The lowest BCUT2D eigenvalue weighted by Gasteiger charge is -2.06. The maximum Gasteiger partial charge on any atom is 0.0639 e. The highest BCUT2D eigenvalue weighted by atomic mass is 35.5. The quantitative estimate of drug-likeness (QED) is 0.519. The van der Waals surface area contributed by atoms with Crippen molar-refractivity contribution in [1.29, 1.82) is 0 Å². The molecule has 0 saturated carbocycles. The van der Waals surface area contributed by atoms with E-state index >= 15 is 0 Å². The molecule has 0 heterocycles. The second-order valence-corrected chi connectivity index (χ2v) is 4.22. The minimum Gasteiger partial charge on any atom is -0.104 e. The topological polar surface area (TPSA) is 0 Å². The van der Waals surface area contributed by atoms with E-state index in [2.05, 4.69) is 11.8 Å². The van der Waals surface area contributed by atoms with Crippen molar-refractivity contribution in [3.05, 3.63) is 32.8 Å². The number of benzene rings is 1. The fraction of sp³-hybridized carbons (Fsp3) is 0.333. The lowest BCUT2D eigenvalue weighted by atomic mass is 10.1. The molecular formula is C12H11Cl3. The highest BCUT2D eigenvalue weighted by Gasteiger charge is 2.08. The van der Waals surface area contributed by atoms with Crippen LogP contribution in [-0.4, -0.2) is 0 Å². The van der Waals surface area contributed by atoms with Gasteiger partial charge in [0.1, 0.15) is 0 Å². The summed E-state index contributed by atoms with van der Waals surface area (Å²) in [7, 11) is 0. The third kappa shape index (κ3) is 3.61. The Balaban J connectivity index is 2.80. The SMILES string of the molecule is CCC#CCCc1c(Cl)ccc(Cl)c1Cl. The van der Waals surface area contributed by atoms with Crippen LogP contribution in [0.2, 0.25) is 15.1 Å². The summed E-state index contributed by atoms with van der Waals surface area (Å²) < 4.78 is 0. The van der Waals surface area contributed by atoms with Crippen molar-refractivity contribution in [2.45, 2.75) is 26.2 Å². The molecule has 0 saturated heterocycles. The molecule has 1 aromatic carbocycles. The normalized spacial score (nSPS) is 9.60. The summed E-state index contributed by atoms with van der Waals surface area (Å²) in [4.78, 5) is 0. The Morgan fingerprint density at radius 2 is 1.73 bits per heavy atom. The highest BCUT2D eigenvalue weighted by Crippen LogP contribution is 2.32. The molecule has 0 fully saturated rings. The summed E-state index contributed by atoms with van der Waals surface area (Å²) in [5, 5.41) is 1.74. The van der Waals surface area contributed by atoms with Crippen molar-refractivity contribution in [2.75, 3.05) is 0 Å². The molecular weight excluding hydrogens is 250 g/mol. The summed E-state index contributed by atoms with van der Waals surface area (Å²) in [6, 6.07) is 3.46. The van der Waals surface area contributed by atoms with E-state index in [9.17, 15) is 0 Å². The zero-order chi connectivity index (χ0) is 11.3. The third-order valence-electron chi connectivity index (χ3n) is 1.94. The molecule has 0 bridgehead atoms. The highest BCUT2D eigenvalue weighted by molar-refractivity contribution is 6.44. The van der Waals surface area contributed by atoms with Gasteiger partial charge in [-0.05, 0) is 24.1 Å². The fourth-order valence-electron chi connectivity index (χ4n) is 1.20. The molecule has 0 unspecified atom stereocenters. The number of hydrogen-bond acceptors (Lipinski definition) is 0. The summed E-state index contributed by atoms with van der Waals surface area (Å²) in [5.41, 5.74) is 0.885. The van der Waals surface area contributed by atoms with Crippen LogP contribution < -0.4 is 0 Å². The summed E-state index contributed by atoms with van der Waals surface area (Å²) in [6.45, 7) is 2.02. The van der Waals surface area contributed by atoms with Crippen molar-refractivity contribution in [1.82, 2.24) is 0 Å². The Morgan fingerprint density at radius 1 is 1.07 bits per heavy atom. The van der Waals surface area contributed by atoms with Gasteiger partial charge >= 0.3 is 0 Å². The first-order valence-electron chi connectivity index (χ1n) is 4.75. The predicted octanol–water partition coefficient (Wildman–Crippen LogP) is 4.99. The molecule has 0 aliphatic heterocycles. The van der Waals surface area contributed by atoms with Gasteiger partial charge in [-0.15, -0.1) is 11.8 Å². The second-order valence-electron chi connectivity index (χ2n) is 3.03. The van der Waals surface area contributed by atoms with Crippen molar-refractivity contribution in [3.8, 4) is 11.8 Å². The van der Waals surface area contributed by atoms with E-state index < -0.39 is 0 Å². The Labute approximate surface area is 106 Å². The van der Waals surface area contributed by atoms with Crippen LogP contribution in [0, 0.1) is 11.8 Å². The molecule has 0 aliphatic rings. The maximum absolute atomic E-state index is 6.05. The van der Waals surface area contributed by atoms with Gasteiger partial charge in [-0.1, -0.05) is 41.7 Å². The summed E-state index contributed by atoms with van der Waals surface area (Å²) in [5.74, 6) is 6.05. The zero-order valence-electron chi connectivity index (χ0n) is 8.41. The molecule has 0 aromatic heterocycles. The van der Waals surface area contributed by atoms with Crippen LogP contribution >= 0.6 is 34.8 Å². The van der Waals surface area contributed by atoms with Gasteiger partial charge in [-0.2, -0.15) is 0 Å². The first kappa shape index (κ1) is 12.7. The average molecular weight is 262 g/mol. The smallest absolute Gasteiger partial charge is 0.0639 e. The lowest BCUT2D eigenvalue weighted by molar-refractivity contribution is 1.03. The molecule has 0 N–H and O–H groups in total. The Hall–Kier alpha value is -0.350. The molecule has 0 amide bonds. The monoisotopic (exact) mass is 260 g/mol. The number of halogens is 3. The van der Waals surface area contributed by atoms with Gasteiger partial charge in [0.25, 0.3) is 0 Å². The molecule has 0 aliphatic carbocycles. The van der Waals surface area contributed by atoms with E-state index in [1.54, 1.807) is 12.1 Å². The molecule has 1 rings (SSSR count). The molecule has 3 heteroatoms. The van der Waals surface area contributed by atoms with E-state index in [-0.39, 0.29) is 0 Å². The molecule has 0 nitrogen and oxygen atoms in total. The Morgan fingerprint density at radius 3 is 2.40 bits per heavy atom. The van der Waals surface area contributed by atoms with E-state index in [0.29, 0.717) is 15.1 Å². The van der Waals surface area contributed by atoms with Crippen LogP contribution in [0.1, 0.15) is 25.3 Å². The summed E-state index contributed by atoms with van der Waals surface area (Å²) >= 11 is 18.0. The third-order valence-corrected chi connectivity index (χ3v) is 3.14. The van der Waals surface area contributed by atoms with Gasteiger partial charge < -0.3 is 0 Å². The van der Waals surface area contributed by atoms with Crippen LogP contribution in [0.3, 0.4) is 0 Å². The van der Waals surface area contributed by atoms with Gasteiger partial charge in [0.05, 0.1) is 10.0 Å². The zero-order valence-corrected chi connectivity index (χ0v) is 10.7. The van der Waals surface area contributed by atoms with E-state index in [4.69, 9.17) is 34.8 Å². The first-order valence-corrected chi connectivity index (χ1v) is 5.88. The predicted molar refractivity (Wildman–Crippen MR) is 67.9 cm³/mol. The van der Waals surface area contributed by atoms with Crippen LogP contribution in [0.25, 0.3) is 0 Å². The van der Waals surface area contributed by atoms with Crippen LogP contribution in [-0.2, 0) is 6.42 Å². The van der Waals surface area contributed by atoms with Crippen LogP contribution in [0.15, 0.2) is 12.1 Å². The number of hydrogen-bond donors (Lipinski definition) is 0. The Kier molecular flexibility index (Phi) is 5.32. The summed E-state index contributed by atoms with van der Waals surface area (Å²) in [6.07, 6.45) is 2.37. The van der Waals surface area contributed by atoms with Gasteiger partial charge in [0.2, 0.25) is 0 Å². The van der Waals surface area contributed by atoms with Crippen LogP contribution in [0.4, 0.5) is 0 Å². The second kappa shape index (κ2) is 6.28. The molecule has 0 spiro atoms. The largest absolute Gasteiger partial charge is 0.104 e. The van der Waals surface area contributed by atoms with Crippen molar-refractivity contribution >= 4 is 34.8 Å². The first-order chi connectivity index (χ1) is 7.16. The van der Waals surface area contributed by atoms with Crippen LogP contribution in [0.5, 0.6) is 0 Å². The molecule has 0 radical (unpaired) electrons. The van der Waals surface area contributed by atoms with E-state index in [0.717, 1.165) is 24.8 Å². The van der Waals surface area contributed by atoms with Crippen molar-refractivity contribution in [2.24, 2.45) is 0 Å². The molecule has 15 heavy (non-hydrogen) atoms. The minimum atomic E-state index is 0.541. The number of rotatable bonds is 2. The standard InChI is InChI=1S/C12H11Cl3/c1-2-3-4-5-6-9-10(13)7-8-11(14)12(9)15/h7-8H,2,5-6H2,1H3. The van der Waals surface area contributed by atoms with E-state index in [1.807, 2.05) is 6.92 Å². The van der Waals surface area contributed by atoms with Gasteiger partial charge in [-0.3, -0.25) is 0 Å². The Bertz CT molecular complexity index is 399. The van der Waals surface area contributed by atoms with Gasteiger partial charge in [-0.25, -0.2) is 0 Å². The van der Waals surface area contributed by atoms with E-state index in [1.165, 1.54) is 0 Å². The maximum atomic E-state index is 6.05. The van der Waals surface area contributed by atoms with Crippen molar-refractivity contribution in [3.63, 3.8) is 0 Å². The molecule has 0 atom stereocenters. The molecule has 1 aromatic rings. The fourth-order valence-corrected chi connectivity index (χ4v) is 1.94.